The molecule has 0 aliphatic rings. The number of carbonyl (C=O) groups is 2. The minimum Gasteiger partial charge on any atom is -0.493 e. The zero-order valence-electron chi connectivity index (χ0n) is 14.1. The first-order chi connectivity index (χ1) is 11.4. The lowest BCUT2D eigenvalue weighted by Crippen LogP contribution is -2.43. The Morgan fingerprint density at radius 2 is 1.96 bits per heavy atom. The lowest BCUT2D eigenvalue weighted by molar-refractivity contribution is -0.149. The number of methoxy groups -OCH3 is 1. The predicted octanol–water partition coefficient (Wildman–Crippen LogP) is 1.95. The van der Waals surface area contributed by atoms with Gasteiger partial charge in [0.2, 0.25) is 0 Å². The number of aliphatic carboxylic acids is 1. The summed E-state index contributed by atoms with van der Waals surface area (Å²) in [6.07, 6.45) is 0.840. The van der Waals surface area contributed by atoms with E-state index in [1.165, 1.54) is 13.2 Å². The molecule has 1 aromatic carbocycles. The van der Waals surface area contributed by atoms with Gasteiger partial charge in [-0.3, -0.25) is 9.59 Å². The lowest BCUT2D eigenvalue weighted by Gasteiger charge is -2.26. The second kappa shape index (κ2) is 8.77. The van der Waals surface area contributed by atoms with Crippen molar-refractivity contribution in [2.75, 3.05) is 20.3 Å². The third-order valence-corrected chi connectivity index (χ3v) is 4.08. The Balaban J connectivity index is 2.64. The molecule has 0 atom stereocenters. The number of nitrogens with zero attached hydrogens (tertiary/aromatic N) is 1. The second-order valence-electron chi connectivity index (χ2n) is 5.34. The van der Waals surface area contributed by atoms with E-state index < -0.39 is 17.3 Å². The fraction of sp³-hybridized carbons (Fsp3) is 0.471. The molecule has 0 saturated heterocycles. The van der Waals surface area contributed by atoms with E-state index in [9.17, 15) is 14.7 Å². The number of nitriles is 1. The van der Waals surface area contributed by atoms with Gasteiger partial charge >= 0.3 is 5.97 Å². The van der Waals surface area contributed by atoms with Gasteiger partial charge in [-0.05, 0) is 25.0 Å². The summed E-state index contributed by atoms with van der Waals surface area (Å²) in [6.45, 7) is 3.33. The summed E-state index contributed by atoms with van der Waals surface area (Å²) < 4.78 is 10.5. The summed E-state index contributed by atoms with van der Waals surface area (Å²) in [4.78, 5) is 23.3. The van der Waals surface area contributed by atoms with E-state index in [0.717, 1.165) is 0 Å². The molecule has 0 aliphatic carbocycles. The second-order valence-corrected chi connectivity index (χ2v) is 5.34. The zero-order chi connectivity index (χ0) is 18.2. The standard InChI is InChI=1S/C17H22N2O5/c1-4-17(5-2,16(21)22)11-19-15(20)10-24-13-7-6-12(9-18)8-14(13)23-3/h6-8H,4-5,10-11H2,1-3H3,(H,19,20)(H,21,22). The van der Waals surface area contributed by atoms with Gasteiger partial charge in [-0.2, -0.15) is 5.26 Å². The molecule has 24 heavy (non-hydrogen) atoms. The first kappa shape index (κ1) is 19.3. The smallest absolute Gasteiger partial charge is 0.311 e. The van der Waals surface area contributed by atoms with Crippen LogP contribution in [0.3, 0.4) is 0 Å². The molecule has 0 unspecified atom stereocenters. The van der Waals surface area contributed by atoms with Crippen LogP contribution in [0.15, 0.2) is 18.2 Å². The molecular weight excluding hydrogens is 312 g/mol. The maximum absolute atomic E-state index is 11.9. The number of nitrogens with one attached hydrogen (secondary N) is 1. The summed E-state index contributed by atoms with van der Waals surface area (Å²) in [6, 6.07) is 6.60. The van der Waals surface area contributed by atoms with Crippen molar-refractivity contribution in [2.24, 2.45) is 5.41 Å². The van der Waals surface area contributed by atoms with Crippen molar-refractivity contribution in [3.63, 3.8) is 0 Å². The highest BCUT2D eigenvalue weighted by molar-refractivity contribution is 5.80. The molecule has 1 aromatic rings. The Labute approximate surface area is 141 Å². The highest BCUT2D eigenvalue weighted by Gasteiger charge is 2.35. The topological polar surface area (TPSA) is 109 Å². The van der Waals surface area contributed by atoms with E-state index in [1.54, 1.807) is 26.0 Å². The van der Waals surface area contributed by atoms with Gasteiger partial charge in [0, 0.05) is 12.6 Å². The van der Waals surface area contributed by atoms with Gasteiger partial charge in [-0.15, -0.1) is 0 Å². The van der Waals surface area contributed by atoms with Crippen molar-refractivity contribution in [3.05, 3.63) is 23.8 Å². The molecule has 1 rings (SSSR count). The van der Waals surface area contributed by atoms with Crippen LogP contribution in [-0.2, 0) is 9.59 Å². The van der Waals surface area contributed by atoms with Crippen LogP contribution in [0.2, 0.25) is 0 Å². The molecule has 0 heterocycles. The molecule has 0 aliphatic heterocycles. The molecule has 0 saturated carbocycles. The first-order valence-corrected chi connectivity index (χ1v) is 7.63. The van der Waals surface area contributed by atoms with Gasteiger partial charge < -0.3 is 19.9 Å². The first-order valence-electron chi connectivity index (χ1n) is 7.63. The molecule has 130 valence electrons. The summed E-state index contributed by atoms with van der Waals surface area (Å²) >= 11 is 0. The van der Waals surface area contributed by atoms with Crippen molar-refractivity contribution in [2.45, 2.75) is 26.7 Å². The fourth-order valence-electron chi connectivity index (χ4n) is 2.20. The van der Waals surface area contributed by atoms with Crippen LogP contribution in [0.5, 0.6) is 11.5 Å². The minimum absolute atomic E-state index is 0.0437. The number of benzene rings is 1. The molecule has 0 radical (unpaired) electrons. The van der Waals surface area contributed by atoms with E-state index in [0.29, 0.717) is 29.9 Å². The zero-order valence-corrected chi connectivity index (χ0v) is 14.1. The molecule has 0 spiro atoms. The average molecular weight is 334 g/mol. The molecule has 0 fully saturated rings. The van der Waals surface area contributed by atoms with Crippen LogP contribution in [0, 0.1) is 16.7 Å². The molecule has 0 aromatic heterocycles. The van der Waals surface area contributed by atoms with Crippen LogP contribution in [-0.4, -0.2) is 37.2 Å². The van der Waals surface area contributed by atoms with E-state index in [4.69, 9.17) is 14.7 Å². The fourth-order valence-corrected chi connectivity index (χ4v) is 2.20. The van der Waals surface area contributed by atoms with E-state index in [-0.39, 0.29) is 13.2 Å². The van der Waals surface area contributed by atoms with Crippen LogP contribution >= 0.6 is 0 Å². The number of rotatable bonds is 9. The van der Waals surface area contributed by atoms with Crippen LogP contribution < -0.4 is 14.8 Å². The van der Waals surface area contributed by atoms with Gasteiger partial charge in [-0.1, -0.05) is 13.8 Å². The van der Waals surface area contributed by atoms with Gasteiger partial charge in [0.05, 0.1) is 24.2 Å². The number of carboxylic acid groups (broad SMARTS) is 1. The van der Waals surface area contributed by atoms with Gasteiger partial charge in [0.1, 0.15) is 0 Å². The Morgan fingerprint density at radius 3 is 2.46 bits per heavy atom. The number of carbonyl (C=O) groups excluding carboxylic acids is 1. The molecule has 7 nitrogen and oxygen atoms in total. The van der Waals surface area contributed by atoms with Crippen molar-refractivity contribution >= 4 is 11.9 Å². The molecular formula is C17H22N2O5. The normalized spacial score (nSPS) is 10.6. The van der Waals surface area contributed by atoms with Crippen molar-refractivity contribution in [3.8, 4) is 17.6 Å². The highest BCUT2D eigenvalue weighted by atomic mass is 16.5. The monoisotopic (exact) mass is 334 g/mol. The van der Waals surface area contributed by atoms with Crippen LogP contribution in [0.4, 0.5) is 0 Å². The largest absolute Gasteiger partial charge is 0.493 e. The summed E-state index contributed by atoms with van der Waals surface area (Å²) in [5.41, 5.74) is -0.553. The quantitative estimate of drug-likeness (QED) is 0.714. The van der Waals surface area contributed by atoms with Gasteiger partial charge in [0.25, 0.3) is 5.91 Å². The minimum atomic E-state index is -0.970. The van der Waals surface area contributed by atoms with Crippen molar-refractivity contribution < 1.29 is 24.2 Å². The SMILES string of the molecule is CCC(CC)(CNC(=O)COc1ccc(C#N)cc1OC)C(=O)O. The maximum atomic E-state index is 11.9. The molecule has 7 heteroatoms. The van der Waals surface area contributed by atoms with E-state index in [2.05, 4.69) is 5.32 Å². The summed E-state index contributed by atoms with van der Waals surface area (Å²) in [7, 11) is 1.44. The highest BCUT2D eigenvalue weighted by Crippen LogP contribution is 2.28. The third-order valence-electron chi connectivity index (χ3n) is 4.08. The predicted molar refractivity (Wildman–Crippen MR) is 86.9 cm³/mol. The molecule has 0 bridgehead atoms. The molecule has 1 amide bonds. The van der Waals surface area contributed by atoms with Crippen LogP contribution in [0.1, 0.15) is 32.3 Å². The Bertz CT molecular complexity index is 632. The Morgan fingerprint density at radius 1 is 1.29 bits per heavy atom. The Kier molecular flexibility index (Phi) is 7.05. The van der Waals surface area contributed by atoms with Crippen molar-refractivity contribution in [1.82, 2.24) is 5.32 Å². The van der Waals surface area contributed by atoms with Crippen molar-refractivity contribution in [1.29, 1.82) is 5.26 Å². The summed E-state index contributed by atoms with van der Waals surface area (Å²) in [5.74, 6) is -0.664. The number of amides is 1. The molecule has 2 N–H and O–H groups in total. The van der Waals surface area contributed by atoms with E-state index in [1.807, 2.05) is 6.07 Å². The van der Waals surface area contributed by atoms with Crippen LogP contribution in [0.25, 0.3) is 0 Å². The number of hydrogen-bond donors (Lipinski definition) is 2. The number of carboxylic acids is 1. The number of hydrogen-bond acceptors (Lipinski definition) is 5. The lowest BCUT2D eigenvalue weighted by atomic mass is 9.82. The van der Waals surface area contributed by atoms with Gasteiger partial charge in [0.15, 0.2) is 18.1 Å². The Hall–Kier alpha value is -2.75. The third kappa shape index (κ3) is 4.62. The van der Waals surface area contributed by atoms with Gasteiger partial charge in [-0.25, -0.2) is 0 Å². The average Bonchev–Trinajstić information content (AvgIpc) is 2.60. The number of ether oxygens (including phenoxy) is 2. The summed E-state index contributed by atoms with van der Waals surface area (Å²) in [5, 5.41) is 20.8. The van der Waals surface area contributed by atoms with E-state index >= 15 is 0 Å². The maximum Gasteiger partial charge on any atom is 0.311 e.